The third-order valence-electron chi connectivity index (χ3n) is 2.41. The van der Waals surface area contributed by atoms with E-state index in [1.807, 2.05) is 0 Å². The van der Waals surface area contributed by atoms with Crippen molar-refractivity contribution in [3.05, 3.63) is 45.1 Å². The van der Waals surface area contributed by atoms with Crippen molar-refractivity contribution in [3.8, 4) is 11.6 Å². The molecule has 1 heterocycles. The van der Waals surface area contributed by atoms with Gasteiger partial charge in [0.15, 0.2) is 5.69 Å². The second-order valence-corrected chi connectivity index (χ2v) is 4.24. The van der Waals surface area contributed by atoms with Gasteiger partial charge in [0.1, 0.15) is 10.8 Å². The average molecular weight is 321 g/mol. The van der Waals surface area contributed by atoms with Crippen molar-refractivity contribution in [2.75, 3.05) is 0 Å². The van der Waals surface area contributed by atoms with E-state index < -0.39 is 27.7 Å². The van der Waals surface area contributed by atoms with E-state index in [2.05, 4.69) is 11.2 Å². The molecule has 0 atom stereocenters. The molecule has 10 heteroatoms. The minimum atomic E-state index is -4.68. The van der Waals surface area contributed by atoms with Crippen LogP contribution in [0.4, 0.5) is 18.9 Å². The molecule has 0 aliphatic carbocycles. The molecule has 6 nitrogen and oxygen atoms in total. The number of rotatable bonds is 3. The Morgan fingerprint density at radius 1 is 1.48 bits per heavy atom. The Morgan fingerprint density at radius 3 is 2.57 bits per heavy atom. The third-order valence-corrected chi connectivity index (χ3v) is 2.75. The van der Waals surface area contributed by atoms with Crippen LogP contribution in [0.25, 0.3) is 0 Å². The van der Waals surface area contributed by atoms with Gasteiger partial charge in [0.05, 0.1) is 11.0 Å². The molecular formula is C11H6ClF3N3O3. The maximum Gasteiger partial charge on any atom is 0.434 e. The van der Waals surface area contributed by atoms with Crippen molar-refractivity contribution >= 4 is 17.3 Å². The molecule has 0 N–H and O–H groups in total. The van der Waals surface area contributed by atoms with Crippen LogP contribution in [0.3, 0.4) is 0 Å². The minimum Gasteiger partial charge on any atom is -0.436 e. The lowest BCUT2D eigenvalue weighted by atomic mass is 10.3. The number of nitrogens with zero attached hydrogens (tertiary/aromatic N) is 3. The van der Waals surface area contributed by atoms with Gasteiger partial charge in [-0.05, 0) is 12.1 Å². The summed E-state index contributed by atoms with van der Waals surface area (Å²) in [5.41, 5.74) is -1.45. The van der Waals surface area contributed by atoms with E-state index in [0.29, 0.717) is 4.68 Å². The van der Waals surface area contributed by atoms with Gasteiger partial charge in [-0.15, -0.1) is 5.10 Å². The highest BCUT2D eigenvalue weighted by Gasteiger charge is 2.39. The molecule has 0 bridgehead atoms. The molecule has 0 fully saturated rings. The van der Waals surface area contributed by atoms with Crippen molar-refractivity contribution in [3.63, 3.8) is 0 Å². The first-order valence-electron chi connectivity index (χ1n) is 5.34. The molecule has 1 aromatic heterocycles. The summed E-state index contributed by atoms with van der Waals surface area (Å²) >= 11 is 5.60. The van der Waals surface area contributed by atoms with Gasteiger partial charge in [0.2, 0.25) is 0 Å². The van der Waals surface area contributed by atoms with Crippen LogP contribution in [0.1, 0.15) is 5.69 Å². The second kappa shape index (κ2) is 5.24. The molecule has 111 valence electrons. The van der Waals surface area contributed by atoms with Gasteiger partial charge in [-0.3, -0.25) is 14.8 Å². The van der Waals surface area contributed by atoms with E-state index >= 15 is 0 Å². The highest BCUT2D eigenvalue weighted by Crippen LogP contribution is 2.40. The standard InChI is InChI=1S/C11H6ClF3N3O3/c1-17-9(11(13,14)15)8(12)10(16-17)21-7-4-2-6(3-5-7)18(19)20/h2,4-5H,1H3. The number of benzene rings is 1. The first-order valence-corrected chi connectivity index (χ1v) is 5.71. The van der Waals surface area contributed by atoms with E-state index in [1.54, 1.807) is 0 Å². The van der Waals surface area contributed by atoms with E-state index in [4.69, 9.17) is 16.3 Å². The molecule has 1 radical (unpaired) electrons. The second-order valence-electron chi connectivity index (χ2n) is 3.86. The number of non-ortho nitro benzene ring substituents is 1. The van der Waals surface area contributed by atoms with Gasteiger partial charge in [0, 0.05) is 13.1 Å². The summed E-state index contributed by atoms with van der Waals surface area (Å²) in [5, 5.41) is 13.3. The molecule has 0 aliphatic heterocycles. The molecule has 2 aromatic rings. The topological polar surface area (TPSA) is 70.2 Å². The van der Waals surface area contributed by atoms with E-state index in [1.165, 1.54) is 6.07 Å². The summed E-state index contributed by atoms with van der Waals surface area (Å²) in [7, 11) is 1.07. The van der Waals surface area contributed by atoms with Crippen LogP contribution in [0.5, 0.6) is 11.6 Å². The summed E-state index contributed by atoms with van der Waals surface area (Å²) in [6.07, 6.45) is -4.68. The van der Waals surface area contributed by atoms with Crippen molar-refractivity contribution in [1.82, 2.24) is 9.78 Å². The van der Waals surface area contributed by atoms with Crippen molar-refractivity contribution in [1.29, 1.82) is 0 Å². The fourth-order valence-electron chi connectivity index (χ4n) is 1.54. The van der Waals surface area contributed by atoms with Crippen molar-refractivity contribution in [2.45, 2.75) is 6.18 Å². The maximum atomic E-state index is 12.7. The predicted molar refractivity (Wildman–Crippen MR) is 65.2 cm³/mol. The van der Waals surface area contributed by atoms with Crippen molar-refractivity contribution in [2.24, 2.45) is 7.05 Å². The Bertz CT molecular complexity index is 683. The number of hydrogen-bond donors (Lipinski definition) is 0. The monoisotopic (exact) mass is 320 g/mol. The Balaban J connectivity index is 2.30. The van der Waals surface area contributed by atoms with Crippen LogP contribution >= 0.6 is 11.6 Å². The summed E-state index contributed by atoms with van der Waals surface area (Å²) in [5.74, 6) is -0.428. The number of ether oxygens (including phenoxy) is 1. The van der Waals surface area contributed by atoms with E-state index in [9.17, 15) is 23.3 Å². The number of nitro benzene ring substituents is 1. The highest BCUT2D eigenvalue weighted by molar-refractivity contribution is 6.32. The minimum absolute atomic E-state index is 0.0225. The van der Waals surface area contributed by atoms with E-state index in [-0.39, 0.29) is 11.4 Å². The number of halogens is 4. The first-order chi connectivity index (χ1) is 9.70. The molecular weight excluding hydrogens is 315 g/mol. The molecule has 0 unspecified atom stereocenters. The molecule has 0 saturated carbocycles. The van der Waals surface area contributed by atoms with Gasteiger partial charge in [0.25, 0.3) is 11.6 Å². The SMILES string of the molecule is Cn1nc(Oc2c[c]c([N+](=O)[O-])cc2)c(Cl)c1C(F)(F)F. The van der Waals surface area contributed by atoms with Gasteiger partial charge >= 0.3 is 6.18 Å². The Morgan fingerprint density at radius 2 is 2.14 bits per heavy atom. The lowest BCUT2D eigenvalue weighted by molar-refractivity contribution is -0.385. The summed E-state index contributed by atoms with van der Waals surface area (Å²) < 4.78 is 43.8. The Hall–Kier alpha value is -2.29. The molecule has 1 aromatic carbocycles. The fraction of sp³-hybridized carbons (Fsp3) is 0.182. The summed E-state index contributed by atoms with van der Waals surface area (Å²) in [6.45, 7) is 0. The van der Waals surface area contributed by atoms with Crippen LogP contribution < -0.4 is 4.74 Å². The van der Waals surface area contributed by atoms with Crippen LogP contribution in [-0.4, -0.2) is 14.7 Å². The largest absolute Gasteiger partial charge is 0.436 e. The van der Waals surface area contributed by atoms with Crippen LogP contribution in [0, 0.1) is 16.2 Å². The third kappa shape index (κ3) is 3.07. The lowest BCUT2D eigenvalue weighted by Gasteiger charge is -2.06. The lowest BCUT2D eigenvalue weighted by Crippen LogP contribution is -2.12. The molecule has 21 heavy (non-hydrogen) atoms. The van der Waals surface area contributed by atoms with Crippen molar-refractivity contribution < 1.29 is 22.8 Å². The molecule has 0 aliphatic rings. The Labute approximate surface area is 120 Å². The molecule has 2 rings (SSSR count). The van der Waals surface area contributed by atoms with Gasteiger partial charge in [-0.25, -0.2) is 0 Å². The van der Waals surface area contributed by atoms with Gasteiger partial charge in [-0.1, -0.05) is 11.6 Å². The normalized spacial score (nSPS) is 11.5. The van der Waals surface area contributed by atoms with Crippen LogP contribution in [0.15, 0.2) is 18.2 Å². The fourth-order valence-corrected chi connectivity index (χ4v) is 1.84. The Kier molecular flexibility index (Phi) is 3.77. The highest BCUT2D eigenvalue weighted by atomic mass is 35.5. The van der Waals surface area contributed by atoms with Crippen LogP contribution in [-0.2, 0) is 13.2 Å². The summed E-state index contributed by atoms with van der Waals surface area (Å²) in [6, 6.07) is 5.71. The van der Waals surface area contributed by atoms with E-state index in [0.717, 1.165) is 19.2 Å². The number of aryl methyl sites for hydroxylation is 1. The number of aromatic nitrogens is 2. The predicted octanol–water partition coefficient (Wildman–Crippen LogP) is 3.59. The summed E-state index contributed by atoms with van der Waals surface area (Å²) in [4.78, 5) is 9.79. The molecule has 0 saturated heterocycles. The molecule has 0 spiro atoms. The number of alkyl halides is 3. The maximum absolute atomic E-state index is 12.7. The zero-order valence-electron chi connectivity index (χ0n) is 10.3. The molecule has 0 amide bonds. The van der Waals surface area contributed by atoms with Gasteiger partial charge in [-0.2, -0.15) is 13.2 Å². The van der Waals surface area contributed by atoms with Gasteiger partial charge < -0.3 is 4.74 Å². The smallest absolute Gasteiger partial charge is 0.434 e. The quantitative estimate of drug-likeness (QED) is 0.640. The zero-order chi connectivity index (χ0) is 15.8. The average Bonchev–Trinajstić information content (AvgIpc) is 2.64. The zero-order valence-corrected chi connectivity index (χ0v) is 11.1. The number of nitro groups is 1. The number of hydrogen-bond acceptors (Lipinski definition) is 4. The van der Waals surface area contributed by atoms with Crippen LogP contribution in [0.2, 0.25) is 5.02 Å². The first kappa shape index (κ1) is 15.1.